The second-order valence-corrected chi connectivity index (χ2v) is 7.16. The van der Waals surface area contributed by atoms with Gasteiger partial charge in [0, 0.05) is 6.42 Å². The van der Waals surface area contributed by atoms with E-state index in [0.29, 0.717) is 6.42 Å². The average Bonchev–Trinajstić information content (AvgIpc) is 2.43. The van der Waals surface area contributed by atoms with Crippen LogP contribution in [-0.2, 0) is 14.9 Å². The molecule has 0 bridgehead atoms. The van der Waals surface area contributed by atoms with Crippen LogP contribution in [0, 0.1) is 0 Å². The molecule has 0 aliphatic heterocycles. The van der Waals surface area contributed by atoms with Gasteiger partial charge in [-0.25, -0.2) is 0 Å². The molecule has 0 fully saturated rings. The largest absolute Gasteiger partial charge is 0.352 e. The van der Waals surface area contributed by atoms with Crippen LogP contribution in [0.2, 0.25) is 0 Å². The number of unbranched alkanes of at least 4 members (excludes halogenated alkanes) is 9. The minimum atomic E-state index is -4.59. The highest BCUT2D eigenvalue weighted by atomic mass is 32.2. The molecule has 5 nitrogen and oxygen atoms in total. The topological polar surface area (TPSA) is 83.8 Å². The Morgan fingerprint density at radius 3 is 1.67 bits per heavy atom. The monoisotopic (exact) mass is 324 g/mol. The van der Waals surface area contributed by atoms with Crippen LogP contribution in [0.25, 0.3) is 0 Å². The van der Waals surface area contributed by atoms with Crippen LogP contribution in [0.1, 0.15) is 84.5 Å². The first-order chi connectivity index (χ1) is 9.87. The van der Waals surface area contributed by atoms with Gasteiger partial charge in [-0.3, -0.25) is 4.55 Å². The molecule has 0 aromatic carbocycles. The summed E-state index contributed by atoms with van der Waals surface area (Å²) in [5.41, 5.74) is 0. The lowest BCUT2D eigenvalue weighted by atomic mass is 10.1. The highest BCUT2D eigenvalue weighted by molar-refractivity contribution is 7.86. The summed E-state index contributed by atoms with van der Waals surface area (Å²) in [6, 6.07) is 0. The fourth-order valence-corrected chi connectivity index (χ4v) is 2.78. The molecule has 0 rings (SSSR count). The third kappa shape index (κ3) is 9.45. The zero-order valence-corrected chi connectivity index (χ0v) is 14.3. The zero-order chi connectivity index (χ0) is 16.2. The number of rotatable bonds is 14. The van der Waals surface area contributed by atoms with E-state index in [9.17, 15) is 13.5 Å². The van der Waals surface area contributed by atoms with Gasteiger partial charge in [0.1, 0.15) is 0 Å². The minimum absolute atomic E-state index is 0.140. The summed E-state index contributed by atoms with van der Waals surface area (Å²) >= 11 is 0. The molecule has 1 atom stereocenters. The summed E-state index contributed by atoms with van der Waals surface area (Å²) in [6.45, 7) is 3.80. The van der Waals surface area contributed by atoms with Crippen molar-refractivity contribution >= 4 is 10.1 Å². The Labute approximate surface area is 129 Å². The molecular weight excluding hydrogens is 292 g/mol. The Morgan fingerprint density at radius 2 is 1.29 bits per heavy atom. The first-order valence-electron chi connectivity index (χ1n) is 8.20. The molecule has 0 spiro atoms. The van der Waals surface area contributed by atoms with Gasteiger partial charge in [0.05, 0.1) is 6.61 Å². The van der Waals surface area contributed by atoms with Crippen molar-refractivity contribution in [3.05, 3.63) is 0 Å². The second-order valence-electron chi connectivity index (χ2n) is 5.57. The Bertz CT molecular complexity index is 342. The van der Waals surface area contributed by atoms with E-state index >= 15 is 0 Å². The third-order valence-electron chi connectivity index (χ3n) is 3.68. The lowest BCUT2D eigenvalue weighted by molar-refractivity contribution is -0.144. The van der Waals surface area contributed by atoms with Crippen molar-refractivity contribution in [2.24, 2.45) is 0 Å². The lowest BCUT2D eigenvalue weighted by Gasteiger charge is -2.23. The highest BCUT2D eigenvalue weighted by Crippen LogP contribution is 2.19. The molecule has 128 valence electrons. The predicted octanol–water partition coefficient (Wildman–Crippen LogP) is 3.87. The summed E-state index contributed by atoms with van der Waals surface area (Å²) in [5, 5.41) is 7.19. The molecule has 21 heavy (non-hydrogen) atoms. The number of hydrogen-bond acceptors (Lipinski definition) is 4. The van der Waals surface area contributed by atoms with Crippen molar-refractivity contribution in [1.82, 2.24) is 0 Å². The standard InChI is InChI=1S/C15H32O5S/c1-3-5-6-7-8-9-10-11-12-13-14-20-15(16,4-2)21(17,18)19/h16H,3-14H2,1-2H3,(H,17,18,19). The Hall–Kier alpha value is -0.170. The first kappa shape index (κ1) is 20.8. The molecule has 0 radical (unpaired) electrons. The van der Waals surface area contributed by atoms with Gasteiger partial charge in [-0.1, -0.05) is 71.6 Å². The van der Waals surface area contributed by atoms with Crippen molar-refractivity contribution in [1.29, 1.82) is 0 Å². The van der Waals surface area contributed by atoms with E-state index in [-0.39, 0.29) is 13.0 Å². The molecule has 0 heterocycles. The van der Waals surface area contributed by atoms with Crippen LogP contribution in [0.5, 0.6) is 0 Å². The number of aliphatic hydroxyl groups is 1. The van der Waals surface area contributed by atoms with Crippen molar-refractivity contribution in [2.75, 3.05) is 6.61 Å². The zero-order valence-electron chi connectivity index (χ0n) is 13.5. The van der Waals surface area contributed by atoms with Gasteiger partial charge < -0.3 is 9.84 Å². The second kappa shape index (κ2) is 11.4. The van der Waals surface area contributed by atoms with E-state index in [1.165, 1.54) is 51.9 Å². The van der Waals surface area contributed by atoms with E-state index < -0.39 is 15.2 Å². The van der Waals surface area contributed by atoms with Crippen LogP contribution in [0.15, 0.2) is 0 Å². The van der Waals surface area contributed by atoms with Crippen LogP contribution >= 0.6 is 0 Å². The molecule has 0 saturated carbocycles. The Balaban J connectivity index is 3.52. The Kier molecular flexibility index (Phi) is 11.3. The molecule has 2 N–H and O–H groups in total. The maximum absolute atomic E-state index is 11.0. The van der Waals surface area contributed by atoms with Gasteiger partial charge in [0.15, 0.2) is 0 Å². The van der Waals surface area contributed by atoms with Gasteiger partial charge in [-0.15, -0.1) is 0 Å². The first-order valence-corrected chi connectivity index (χ1v) is 9.64. The average molecular weight is 324 g/mol. The molecule has 0 aromatic rings. The van der Waals surface area contributed by atoms with E-state index in [4.69, 9.17) is 9.29 Å². The van der Waals surface area contributed by atoms with Gasteiger partial charge in [-0.05, 0) is 6.42 Å². The summed E-state index contributed by atoms with van der Waals surface area (Å²) in [6.07, 6.45) is 11.5. The van der Waals surface area contributed by atoms with E-state index in [1.807, 2.05) is 0 Å². The Morgan fingerprint density at radius 1 is 0.857 bits per heavy atom. The predicted molar refractivity (Wildman–Crippen MR) is 84.6 cm³/mol. The van der Waals surface area contributed by atoms with Crippen LogP contribution in [0.3, 0.4) is 0 Å². The maximum Gasteiger partial charge on any atom is 0.321 e. The highest BCUT2D eigenvalue weighted by Gasteiger charge is 2.40. The fourth-order valence-electron chi connectivity index (χ4n) is 2.18. The van der Waals surface area contributed by atoms with Crippen molar-refractivity contribution in [2.45, 2.75) is 89.6 Å². The summed E-state index contributed by atoms with van der Waals surface area (Å²) in [7, 11) is -4.59. The quantitative estimate of drug-likeness (QED) is 0.288. The molecule has 1 unspecified atom stereocenters. The van der Waals surface area contributed by atoms with Gasteiger partial charge in [-0.2, -0.15) is 8.42 Å². The van der Waals surface area contributed by atoms with E-state index in [1.54, 1.807) is 0 Å². The van der Waals surface area contributed by atoms with Crippen LogP contribution < -0.4 is 0 Å². The molecule has 6 heteroatoms. The van der Waals surface area contributed by atoms with E-state index in [2.05, 4.69) is 6.92 Å². The molecular formula is C15H32O5S. The molecule has 0 aliphatic rings. The number of hydrogen-bond donors (Lipinski definition) is 2. The third-order valence-corrected chi connectivity index (χ3v) is 4.89. The maximum atomic E-state index is 11.0. The molecule has 0 saturated heterocycles. The summed E-state index contributed by atoms with van der Waals surface area (Å²) in [5.74, 6) is 0. The van der Waals surface area contributed by atoms with Crippen LogP contribution in [0.4, 0.5) is 0 Å². The summed E-state index contributed by atoms with van der Waals surface area (Å²) < 4.78 is 35.8. The van der Waals surface area contributed by atoms with E-state index in [0.717, 1.165) is 12.8 Å². The SMILES string of the molecule is CCCCCCCCCCCCOC(O)(CC)S(=O)(=O)O. The van der Waals surface area contributed by atoms with Gasteiger partial charge in [0.25, 0.3) is 5.12 Å². The molecule has 0 aliphatic carbocycles. The fraction of sp³-hybridized carbons (Fsp3) is 1.00. The van der Waals surface area contributed by atoms with Gasteiger partial charge >= 0.3 is 10.1 Å². The lowest BCUT2D eigenvalue weighted by Crippen LogP contribution is -2.40. The smallest absolute Gasteiger partial charge is 0.321 e. The summed E-state index contributed by atoms with van der Waals surface area (Å²) in [4.78, 5) is 0. The molecule has 0 amide bonds. The number of ether oxygens (including phenoxy) is 1. The molecule has 0 aromatic heterocycles. The van der Waals surface area contributed by atoms with Crippen LogP contribution in [-0.4, -0.2) is 29.8 Å². The van der Waals surface area contributed by atoms with Crippen molar-refractivity contribution in [3.8, 4) is 0 Å². The van der Waals surface area contributed by atoms with Crippen molar-refractivity contribution < 1.29 is 22.8 Å². The normalized spacial score (nSPS) is 15.0. The van der Waals surface area contributed by atoms with Crippen molar-refractivity contribution in [3.63, 3.8) is 0 Å². The minimum Gasteiger partial charge on any atom is -0.352 e. The van der Waals surface area contributed by atoms with Gasteiger partial charge in [0.2, 0.25) is 0 Å².